The van der Waals surface area contributed by atoms with Crippen LogP contribution in [0.3, 0.4) is 0 Å². The number of carboxylic acid groups (broad SMARTS) is 1. The normalized spacial score (nSPS) is 5.00. The Balaban J connectivity index is -0.0000000302. The molecule has 0 aromatic rings. The topological polar surface area (TPSA) is 95.1 Å². The van der Waals surface area contributed by atoms with E-state index in [1.54, 1.807) is 0 Å². The molecule has 14 heavy (non-hydrogen) atoms. The molecule has 0 aliphatic rings. The smallest absolute Gasteiger partial charge is 0.307 e. The minimum absolute atomic E-state index is 0. The van der Waals surface area contributed by atoms with Gasteiger partial charge in [0.25, 0.3) is 5.97 Å². The van der Waals surface area contributed by atoms with Gasteiger partial charge in [0, 0.05) is 13.8 Å². The van der Waals surface area contributed by atoms with Gasteiger partial charge in [0.05, 0.1) is 6.26 Å². The maximum absolute atomic E-state index is 9.75. The van der Waals surface area contributed by atoms with Crippen LogP contribution in [0.2, 0.25) is 0 Å². The van der Waals surface area contributed by atoms with Crippen molar-refractivity contribution in [2.75, 3.05) is 0 Å². The summed E-state index contributed by atoms with van der Waals surface area (Å²) in [7, 11) is 0. The highest BCUT2D eigenvalue weighted by atomic mass is 16.5. The zero-order valence-corrected chi connectivity index (χ0v) is 7.87. The quantitative estimate of drug-likeness (QED) is 0.400. The lowest BCUT2D eigenvalue weighted by Gasteiger charge is -1.83. The summed E-state index contributed by atoms with van der Waals surface area (Å²) in [5, 5.41) is 7.42. The van der Waals surface area contributed by atoms with Crippen LogP contribution in [0.5, 0.6) is 0 Å². The summed E-state index contributed by atoms with van der Waals surface area (Å²) in [5.41, 5.74) is 0. The molecule has 0 spiro atoms. The summed E-state index contributed by atoms with van der Waals surface area (Å²) in [6.45, 7) is 11.6. The second-order valence-electron chi connectivity index (χ2n) is 1.30. The fraction of sp³-hybridized carbons (Fsp3) is 0.333. The van der Waals surface area contributed by atoms with Crippen molar-refractivity contribution in [3.8, 4) is 0 Å². The molecule has 0 aromatic heterocycles. The highest BCUT2D eigenvalue weighted by Gasteiger charge is 1.79. The first kappa shape index (κ1) is 29.4. The van der Waals surface area contributed by atoms with E-state index in [0.29, 0.717) is 0 Å². The van der Waals surface area contributed by atoms with Crippen LogP contribution in [0, 0.1) is 0 Å². The monoisotopic (exact) mass is 208 g/mol. The van der Waals surface area contributed by atoms with Crippen molar-refractivity contribution in [1.29, 1.82) is 0 Å². The third-order valence-corrected chi connectivity index (χ3v) is 0.249. The predicted octanol–water partition coefficient (Wildman–Crippen LogP) is 1.40. The third kappa shape index (κ3) is 480. The largest absolute Gasteiger partial charge is 0.481 e. The molecule has 0 amide bonds. The van der Waals surface area contributed by atoms with Gasteiger partial charge in [-0.15, -0.1) is 13.2 Å². The molecule has 0 rings (SSSR count). The first-order chi connectivity index (χ1) is 5.50. The lowest BCUT2D eigenvalue weighted by molar-refractivity contribution is -0.136. The summed E-state index contributed by atoms with van der Waals surface area (Å²) >= 11 is 0. The highest BCUT2D eigenvalue weighted by Crippen LogP contribution is 1.70. The van der Waals surface area contributed by atoms with Gasteiger partial charge in [-0.05, 0) is 0 Å². The highest BCUT2D eigenvalue weighted by molar-refractivity contribution is 5.66. The maximum atomic E-state index is 9.75. The maximum Gasteiger partial charge on any atom is 0.307 e. The SMILES string of the molecule is C.C=C.C=COC(C)=O.CC(=O)O.O. The first-order valence-electron chi connectivity index (χ1n) is 2.98. The van der Waals surface area contributed by atoms with Gasteiger partial charge >= 0.3 is 5.97 Å². The zero-order valence-electron chi connectivity index (χ0n) is 7.87. The van der Waals surface area contributed by atoms with E-state index in [2.05, 4.69) is 24.5 Å². The van der Waals surface area contributed by atoms with Crippen molar-refractivity contribution >= 4 is 11.9 Å². The van der Waals surface area contributed by atoms with E-state index in [9.17, 15) is 4.79 Å². The van der Waals surface area contributed by atoms with Crippen LogP contribution >= 0.6 is 0 Å². The molecule has 0 aromatic carbocycles. The minimum Gasteiger partial charge on any atom is -0.481 e. The van der Waals surface area contributed by atoms with E-state index in [-0.39, 0.29) is 18.9 Å². The van der Waals surface area contributed by atoms with Gasteiger partial charge in [-0.1, -0.05) is 14.0 Å². The molecular formula is C9H20O5. The van der Waals surface area contributed by atoms with Gasteiger partial charge < -0.3 is 15.3 Å². The average Bonchev–Trinajstić information content (AvgIpc) is 1.90. The van der Waals surface area contributed by atoms with Gasteiger partial charge in [0.1, 0.15) is 0 Å². The van der Waals surface area contributed by atoms with Crippen molar-refractivity contribution in [2.24, 2.45) is 0 Å². The lowest BCUT2D eigenvalue weighted by atomic mass is 10.8. The van der Waals surface area contributed by atoms with Crippen LogP contribution in [0.4, 0.5) is 0 Å². The number of carbonyl (C=O) groups is 2. The number of hydrogen-bond acceptors (Lipinski definition) is 3. The molecule has 0 unspecified atom stereocenters. The number of ether oxygens (including phenoxy) is 1. The molecule has 0 radical (unpaired) electrons. The Morgan fingerprint density at radius 3 is 1.50 bits per heavy atom. The zero-order chi connectivity index (χ0) is 10.6. The molecule has 0 saturated carbocycles. The minimum atomic E-state index is -0.833. The summed E-state index contributed by atoms with van der Waals surface area (Å²) in [6, 6.07) is 0. The molecule has 0 atom stereocenters. The number of carboxylic acids is 1. The van der Waals surface area contributed by atoms with E-state index in [1.807, 2.05) is 0 Å². The van der Waals surface area contributed by atoms with E-state index < -0.39 is 5.97 Å². The number of aliphatic carboxylic acids is 1. The standard InChI is InChI=1S/C4H6O2.C2H4O2.C2H4.CH4.H2O/c1-3-6-4(2)5;1-2(3)4;1-2;;/h3H,1H2,2H3;1H3,(H,3,4);1-2H2;1H4;1H2. The van der Waals surface area contributed by atoms with Crippen molar-refractivity contribution in [3.63, 3.8) is 0 Å². The van der Waals surface area contributed by atoms with Crippen molar-refractivity contribution in [3.05, 3.63) is 26.0 Å². The molecule has 0 fully saturated rings. The number of rotatable bonds is 1. The van der Waals surface area contributed by atoms with E-state index in [1.165, 1.54) is 6.92 Å². The van der Waals surface area contributed by atoms with Crippen LogP contribution in [0.25, 0.3) is 0 Å². The molecule has 86 valence electrons. The Labute approximate surface area is 85.0 Å². The Morgan fingerprint density at radius 1 is 1.29 bits per heavy atom. The summed E-state index contributed by atoms with van der Waals surface area (Å²) < 4.78 is 4.17. The second kappa shape index (κ2) is 30.1. The number of hydrogen-bond donors (Lipinski definition) is 1. The van der Waals surface area contributed by atoms with Crippen LogP contribution in [-0.4, -0.2) is 22.5 Å². The summed E-state index contributed by atoms with van der Waals surface area (Å²) in [4.78, 5) is 18.8. The van der Waals surface area contributed by atoms with Crippen LogP contribution in [0.1, 0.15) is 21.3 Å². The van der Waals surface area contributed by atoms with E-state index in [4.69, 9.17) is 9.90 Å². The fourth-order valence-corrected chi connectivity index (χ4v) is 0.117. The van der Waals surface area contributed by atoms with Crippen molar-refractivity contribution in [1.82, 2.24) is 0 Å². The van der Waals surface area contributed by atoms with Gasteiger partial charge in [-0.3, -0.25) is 9.59 Å². The van der Waals surface area contributed by atoms with Gasteiger partial charge in [0.2, 0.25) is 0 Å². The van der Waals surface area contributed by atoms with E-state index in [0.717, 1.165) is 13.2 Å². The Bertz CT molecular complexity index is 138. The first-order valence-corrected chi connectivity index (χ1v) is 2.98. The Morgan fingerprint density at radius 2 is 1.50 bits per heavy atom. The molecule has 5 nitrogen and oxygen atoms in total. The van der Waals surface area contributed by atoms with Crippen LogP contribution in [-0.2, 0) is 14.3 Å². The Kier molecular flexibility index (Phi) is 63.3. The van der Waals surface area contributed by atoms with Crippen LogP contribution < -0.4 is 0 Å². The molecular weight excluding hydrogens is 188 g/mol. The van der Waals surface area contributed by atoms with Gasteiger partial charge in [0.15, 0.2) is 0 Å². The second-order valence-corrected chi connectivity index (χ2v) is 1.30. The molecule has 5 heteroatoms. The average molecular weight is 208 g/mol. The molecule has 3 N–H and O–H groups in total. The van der Waals surface area contributed by atoms with E-state index >= 15 is 0 Å². The van der Waals surface area contributed by atoms with Gasteiger partial charge in [-0.2, -0.15) is 0 Å². The lowest BCUT2D eigenvalue weighted by Crippen LogP contribution is -1.87. The number of esters is 1. The summed E-state index contributed by atoms with van der Waals surface area (Å²) in [6.07, 6.45) is 1.10. The predicted molar refractivity (Wildman–Crippen MR) is 56.9 cm³/mol. The molecule has 0 bridgehead atoms. The molecule has 0 saturated heterocycles. The van der Waals surface area contributed by atoms with Crippen molar-refractivity contribution in [2.45, 2.75) is 21.3 Å². The molecule has 0 aliphatic carbocycles. The Hall–Kier alpha value is -1.62. The summed E-state index contributed by atoms with van der Waals surface area (Å²) in [5.74, 6) is -1.16. The van der Waals surface area contributed by atoms with Crippen LogP contribution in [0.15, 0.2) is 26.0 Å². The fourth-order valence-electron chi connectivity index (χ4n) is 0.117. The van der Waals surface area contributed by atoms with Crippen molar-refractivity contribution < 1.29 is 24.9 Å². The number of carbonyl (C=O) groups excluding carboxylic acids is 1. The third-order valence-electron chi connectivity index (χ3n) is 0.249. The van der Waals surface area contributed by atoms with Gasteiger partial charge in [-0.25, -0.2) is 0 Å². The molecule has 0 aliphatic heterocycles. The molecule has 0 heterocycles.